The van der Waals surface area contributed by atoms with Gasteiger partial charge in [-0.3, -0.25) is 0 Å². The molecule has 0 aliphatic heterocycles. The summed E-state index contributed by atoms with van der Waals surface area (Å²) in [4.78, 5) is 0. The Morgan fingerprint density at radius 2 is 1.58 bits per heavy atom. The topological polar surface area (TPSA) is 23.8 Å². The van der Waals surface area contributed by atoms with E-state index in [0.717, 1.165) is 17.8 Å². The molecule has 1 nitrogen and oxygen atoms in total. The molecule has 26 heavy (non-hydrogen) atoms. The van der Waals surface area contributed by atoms with E-state index >= 15 is 0 Å². The molecule has 3 rings (SSSR count). The van der Waals surface area contributed by atoms with E-state index in [1.165, 1.54) is 61.6 Å². The molecule has 0 N–H and O–H groups in total. The molecule has 2 aromatic carbocycles. The average molecular weight is 346 g/mol. The highest BCUT2D eigenvalue weighted by molar-refractivity contribution is 5.64. The van der Waals surface area contributed by atoms with Crippen molar-refractivity contribution in [3.63, 3.8) is 0 Å². The van der Waals surface area contributed by atoms with Gasteiger partial charge in [0.15, 0.2) is 0 Å². The SMILES string of the molecule is CCCC1CCC(CCc2ccc(-c3ccc(C#N)cc3)cc2)C(C)C1. The van der Waals surface area contributed by atoms with Crippen molar-refractivity contribution in [2.45, 2.75) is 58.8 Å². The quantitative estimate of drug-likeness (QED) is 0.552. The van der Waals surface area contributed by atoms with Crippen molar-refractivity contribution in [2.75, 3.05) is 0 Å². The molecule has 0 radical (unpaired) electrons. The van der Waals surface area contributed by atoms with Crippen molar-refractivity contribution in [3.05, 3.63) is 59.7 Å². The Bertz CT molecular complexity index is 720. The highest BCUT2D eigenvalue weighted by Crippen LogP contribution is 2.38. The minimum absolute atomic E-state index is 0.716. The van der Waals surface area contributed by atoms with Crippen LogP contribution >= 0.6 is 0 Å². The van der Waals surface area contributed by atoms with E-state index in [1.54, 1.807) is 0 Å². The van der Waals surface area contributed by atoms with Gasteiger partial charge in [0.1, 0.15) is 0 Å². The van der Waals surface area contributed by atoms with Gasteiger partial charge in [-0.1, -0.05) is 69.5 Å². The van der Waals surface area contributed by atoms with E-state index in [1.807, 2.05) is 24.3 Å². The maximum atomic E-state index is 8.91. The zero-order chi connectivity index (χ0) is 18.4. The summed E-state index contributed by atoms with van der Waals surface area (Å²) in [5, 5.41) is 8.91. The molecule has 0 saturated heterocycles. The molecule has 0 amide bonds. The van der Waals surface area contributed by atoms with Gasteiger partial charge < -0.3 is 0 Å². The molecule has 136 valence electrons. The van der Waals surface area contributed by atoms with E-state index in [0.29, 0.717) is 5.56 Å². The van der Waals surface area contributed by atoms with Gasteiger partial charge in [0.2, 0.25) is 0 Å². The van der Waals surface area contributed by atoms with E-state index < -0.39 is 0 Å². The van der Waals surface area contributed by atoms with Crippen LogP contribution in [0.3, 0.4) is 0 Å². The van der Waals surface area contributed by atoms with Crippen molar-refractivity contribution in [2.24, 2.45) is 17.8 Å². The van der Waals surface area contributed by atoms with Crippen LogP contribution in [-0.4, -0.2) is 0 Å². The lowest BCUT2D eigenvalue weighted by atomic mass is 9.72. The fraction of sp³-hybridized carbons (Fsp3) is 0.480. The van der Waals surface area contributed by atoms with Crippen LogP contribution in [-0.2, 0) is 6.42 Å². The van der Waals surface area contributed by atoms with Crippen LogP contribution in [0.15, 0.2) is 48.5 Å². The molecule has 1 aliphatic carbocycles. The van der Waals surface area contributed by atoms with Gasteiger partial charge in [-0.2, -0.15) is 5.26 Å². The number of nitrogens with zero attached hydrogens (tertiary/aromatic N) is 1. The minimum Gasteiger partial charge on any atom is -0.192 e. The predicted octanol–water partition coefficient (Wildman–Crippen LogP) is 7.01. The molecule has 1 fully saturated rings. The third-order valence-corrected chi connectivity index (χ3v) is 6.26. The molecule has 0 heterocycles. The van der Waals surface area contributed by atoms with E-state index in [-0.39, 0.29) is 0 Å². The predicted molar refractivity (Wildman–Crippen MR) is 110 cm³/mol. The number of hydrogen-bond acceptors (Lipinski definition) is 1. The van der Waals surface area contributed by atoms with Crippen molar-refractivity contribution in [3.8, 4) is 17.2 Å². The van der Waals surface area contributed by atoms with Crippen molar-refractivity contribution in [1.29, 1.82) is 5.26 Å². The summed E-state index contributed by atoms with van der Waals surface area (Å²) < 4.78 is 0. The Hall–Kier alpha value is -2.07. The molecule has 0 aromatic heterocycles. The van der Waals surface area contributed by atoms with Gasteiger partial charge in [-0.15, -0.1) is 0 Å². The smallest absolute Gasteiger partial charge is 0.0991 e. The fourth-order valence-corrected chi connectivity index (χ4v) is 4.62. The number of rotatable bonds is 6. The van der Waals surface area contributed by atoms with Gasteiger partial charge in [0.25, 0.3) is 0 Å². The standard InChI is InChI=1S/C25H31N/c1-3-4-21-8-12-23(19(2)17-21)11-5-20-6-13-24(14-7-20)25-15-9-22(18-26)10-16-25/h6-7,9-10,13-16,19,21,23H,3-5,8,11-12,17H2,1-2H3. The zero-order valence-electron chi connectivity index (χ0n) is 16.2. The zero-order valence-corrected chi connectivity index (χ0v) is 16.2. The van der Waals surface area contributed by atoms with Gasteiger partial charge >= 0.3 is 0 Å². The van der Waals surface area contributed by atoms with E-state index in [2.05, 4.69) is 44.2 Å². The van der Waals surface area contributed by atoms with Gasteiger partial charge in [-0.25, -0.2) is 0 Å². The largest absolute Gasteiger partial charge is 0.192 e. The maximum absolute atomic E-state index is 8.91. The second-order valence-electron chi connectivity index (χ2n) is 8.13. The highest BCUT2D eigenvalue weighted by Gasteiger charge is 2.26. The Kier molecular flexibility index (Phi) is 6.51. The van der Waals surface area contributed by atoms with Crippen LogP contribution < -0.4 is 0 Å². The summed E-state index contributed by atoms with van der Waals surface area (Å²) in [6.45, 7) is 4.79. The first-order chi connectivity index (χ1) is 12.7. The fourth-order valence-electron chi connectivity index (χ4n) is 4.62. The monoisotopic (exact) mass is 345 g/mol. The molecule has 1 heteroatoms. The van der Waals surface area contributed by atoms with Crippen LogP contribution in [0.25, 0.3) is 11.1 Å². The lowest BCUT2D eigenvalue weighted by Gasteiger charge is -2.34. The van der Waals surface area contributed by atoms with Crippen molar-refractivity contribution < 1.29 is 0 Å². The maximum Gasteiger partial charge on any atom is 0.0991 e. The second-order valence-corrected chi connectivity index (χ2v) is 8.13. The third-order valence-electron chi connectivity index (χ3n) is 6.26. The first kappa shape index (κ1) is 18.7. The summed E-state index contributed by atoms with van der Waals surface area (Å²) in [5.74, 6) is 2.78. The third kappa shape index (κ3) is 4.76. The van der Waals surface area contributed by atoms with Crippen molar-refractivity contribution in [1.82, 2.24) is 0 Å². The molecular formula is C25H31N. The number of hydrogen-bond donors (Lipinski definition) is 0. The first-order valence-corrected chi connectivity index (χ1v) is 10.3. The summed E-state index contributed by atoms with van der Waals surface area (Å²) >= 11 is 0. The number of benzene rings is 2. The Labute approximate surface area is 159 Å². The van der Waals surface area contributed by atoms with Crippen LogP contribution in [0, 0.1) is 29.1 Å². The molecule has 3 unspecified atom stereocenters. The molecule has 0 bridgehead atoms. The Balaban J connectivity index is 1.54. The Morgan fingerprint density at radius 1 is 0.923 bits per heavy atom. The summed E-state index contributed by atoms with van der Waals surface area (Å²) in [7, 11) is 0. The summed E-state index contributed by atoms with van der Waals surface area (Å²) in [6, 6.07) is 19.0. The van der Waals surface area contributed by atoms with E-state index in [9.17, 15) is 0 Å². The van der Waals surface area contributed by atoms with Gasteiger partial charge in [-0.05, 0) is 72.3 Å². The molecule has 2 aromatic rings. The summed E-state index contributed by atoms with van der Waals surface area (Å²) in [5.41, 5.74) is 4.57. The van der Waals surface area contributed by atoms with Crippen LogP contribution in [0.1, 0.15) is 63.5 Å². The highest BCUT2D eigenvalue weighted by atomic mass is 14.3. The van der Waals surface area contributed by atoms with Crippen LogP contribution in [0.4, 0.5) is 0 Å². The lowest BCUT2D eigenvalue weighted by molar-refractivity contribution is 0.177. The number of aryl methyl sites for hydroxylation is 1. The minimum atomic E-state index is 0.716. The van der Waals surface area contributed by atoms with Crippen molar-refractivity contribution >= 4 is 0 Å². The normalized spacial score (nSPS) is 22.7. The first-order valence-electron chi connectivity index (χ1n) is 10.3. The second kappa shape index (κ2) is 9.04. The van der Waals surface area contributed by atoms with Crippen LogP contribution in [0.2, 0.25) is 0 Å². The Morgan fingerprint density at radius 3 is 2.15 bits per heavy atom. The molecule has 0 spiro atoms. The lowest BCUT2D eigenvalue weighted by Crippen LogP contribution is -2.23. The molecule has 3 atom stereocenters. The van der Waals surface area contributed by atoms with E-state index in [4.69, 9.17) is 5.26 Å². The average Bonchev–Trinajstić information content (AvgIpc) is 2.68. The van der Waals surface area contributed by atoms with Crippen LogP contribution in [0.5, 0.6) is 0 Å². The molecular weight excluding hydrogens is 314 g/mol. The van der Waals surface area contributed by atoms with Gasteiger partial charge in [0, 0.05) is 0 Å². The molecule has 1 aliphatic rings. The van der Waals surface area contributed by atoms with Gasteiger partial charge in [0.05, 0.1) is 11.6 Å². The number of nitriles is 1. The summed E-state index contributed by atoms with van der Waals surface area (Å²) in [6.07, 6.45) is 9.60. The molecule has 1 saturated carbocycles.